The number of aromatic nitrogens is 2. The molecule has 0 aliphatic heterocycles. The minimum Gasteiger partial charge on any atom is -0.492 e. The molecule has 0 bridgehead atoms. The van der Waals surface area contributed by atoms with Gasteiger partial charge in [-0.15, -0.1) is 0 Å². The number of hydrogen-bond donors (Lipinski definition) is 1. The van der Waals surface area contributed by atoms with E-state index >= 15 is 0 Å². The van der Waals surface area contributed by atoms with Gasteiger partial charge in [-0.25, -0.2) is 0 Å². The SMILES string of the molecule is CCN(CC)CCn1c(=N)n(CCOc2ccc(C(C)(C)C)cc2)c2ccccc21. The molecule has 0 saturated heterocycles. The van der Waals surface area contributed by atoms with Crippen LogP contribution in [-0.2, 0) is 18.5 Å². The second kappa shape index (κ2) is 9.52. The third-order valence-corrected chi connectivity index (χ3v) is 5.81. The molecule has 1 heterocycles. The van der Waals surface area contributed by atoms with Crippen molar-refractivity contribution in [1.29, 1.82) is 5.41 Å². The lowest BCUT2D eigenvalue weighted by atomic mass is 9.87. The van der Waals surface area contributed by atoms with E-state index in [1.54, 1.807) is 0 Å². The number of nitrogens with zero attached hydrogens (tertiary/aromatic N) is 3. The fourth-order valence-electron chi connectivity index (χ4n) is 3.83. The maximum atomic E-state index is 8.77. The summed E-state index contributed by atoms with van der Waals surface area (Å²) in [4.78, 5) is 2.39. The lowest BCUT2D eigenvalue weighted by molar-refractivity contribution is 0.284. The highest BCUT2D eigenvalue weighted by atomic mass is 16.5. The zero-order chi connectivity index (χ0) is 21.7. The van der Waals surface area contributed by atoms with Crippen molar-refractivity contribution in [2.24, 2.45) is 0 Å². The molecule has 1 aromatic heterocycles. The summed E-state index contributed by atoms with van der Waals surface area (Å²) in [5.74, 6) is 0.875. The Morgan fingerprint density at radius 2 is 1.43 bits per heavy atom. The molecule has 5 nitrogen and oxygen atoms in total. The van der Waals surface area contributed by atoms with Crippen molar-refractivity contribution in [2.75, 3.05) is 26.2 Å². The second-order valence-corrected chi connectivity index (χ2v) is 8.77. The van der Waals surface area contributed by atoms with Crippen LogP contribution in [-0.4, -0.2) is 40.3 Å². The molecule has 0 radical (unpaired) electrons. The van der Waals surface area contributed by atoms with Crippen LogP contribution in [0.25, 0.3) is 11.0 Å². The Balaban J connectivity index is 1.73. The van der Waals surface area contributed by atoms with E-state index in [-0.39, 0.29) is 5.41 Å². The monoisotopic (exact) mass is 408 g/mol. The molecule has 5 heteroatoms. The first-order valence-electron chi connectivity index (χ1n) is 11.0. The number of benzene rings is 2. The summed E-state index contributed by atoms with van der Waals surface area (Å²) in [5, 5.41) is 8.77. The van der Waals surface area contributed by atoms with Gasteiger partial charge in [-0.3, -0.25) is 5.41 Å². The number of hydrogen-bond acceptors (Lipinski definition) is 3. The standard InChI is InChI=1S/C25H36N4O/c1-6-27(7-2)16-17-28-22-10-8-9-11-23(22)29(24(28)26)18-19-30-21-14-12-20(13-15-21)25(3,4)5/h8-15,26H,6-7,16-19H2,1-5H3. The van der Waals surface area contributed by atoms with Crippen LogP contribution in [0.2, 0.25) is 0 Å². The summed E-state index contributed by atoms with van der Waals surface area (Å²) in [6.07, 6.45) is 0. The summed E-state index contributed by atoms with van der Waals surface area (Å²) in [5.41, 5.74) is 4.18. The van der Waals surface area contributed by atoms with Gasteiger partial charge in [0.15, 0.2) is 0 Å². The van der Waals surface area contributed by atoms with Crippen LogP contribution in [0.4, 0.5) is 0 Å². The lowest BCUT2D eigenvalue weighted by Crippen LogP contribution is -2.32. The van der Waals surface area contributed by atoms with Gasteiger partial charge >= 0.3 is 0 Å². The van der Waals surface area contributed by atoms with Gasteiger partial charge in [0.25, 0.3) is 0 Å². The summed E-state index contributed by atoms with van der Waals surface area (Å²) < 4.78 is 10.2. The lowest BCUT2D eigenvalue weighted by Gasteiger charge is -2.19. The quantitative estimate of drug-likeness (QED) is 0.561. The van der Waals surface area contributed by atoms with Gasteiger partial charge in [0.1, 0.15) is 12.4 Å². The van der Waals surface area contributed by atoms with Crippen LogP contribution in [0.5, 0.6) is 5.75 Å². The summed E-state index contributed by atoms with van der Waals surface area (Å²) in [7, 11) is 0. The molecular weight excluding hydrogens is 372 g/mol. The zero-order valence-electron chi connectivity index (χ0n) is 19.1. The van der Waals surface area contributed by atoms with Crippen molar-refractivity contribution >= 4 is 11.0 Å². The topological polar surface area (TPSA) is 46.2 Å². The molecule has 162 valence electrons. The van der Waals surface area contributed by atoms with Crippen LogP contribution < -0.4 is 10.4 Å². The number of ether oxygens (including phenoxy) is 1. The van der Waals surface area contributed by atoms with E-state index in [4.69, 9.17) is 10.1 Å². The van der Waals surface area contributed by atoms with E-state index < -0.39 is 0 Å². The number of para-hydroxylation sites is 2. The molecule has 0 saturated carbocycles. The maximum Gasteiger partial charge on any atom is 0.203 e. The number of likely N-dealkylation sites (N-methyl/N-ethyl adjacent to an activating group) is 1. The fourth-order valence-corrected chi connectivity index (χ4v) is 3.83. The molecule has 0 aliphatic rings. The maximum absolute atomic E-state index is 8.77. The van der Waals surface area contributed by atoms with Crippen LogP contribution in [0, 0.1) is 5.41 Å². The zero-order valence-corrected chi connectivity index (χ0v) is 19.1. The minimum absolute atomic E-state index is 0.140. The van der Waals surface area contributed by atoms with E-state index in [1.807, 2.05) is 24.3 Å². The predicted molar refractivity (Wildman–Crippen MR) is 124 cm³/mol. The van der Waals surface area contributed by atoms with Crippen molar-refractivity contribution in [1.82, 2.24) is 14.0 Å². The minimum atomic E-state index is 0.140. The Morgan fingerprint density at radius 1 is 0.867 bits per heavy atom. The average molecular weight is 409 g/mol. The highest BCUT2D eigenvalue weighted by Gasteiger charge is 2.14. The normalized spacial score (nSPS) is 12.1. The van der Waals surface area contributed by atoms with Crippen molar-refractivity contribution in [3.05, 3.63) is 59.7 Å². The summed E-state index contributed by atoms with van der Waals surface area (Å²) in [6, 6.07) is 16.7. The molecule has 3 aromatic rings. The van der Waals surface area contributed by atoms with Gasteiger partial charge in [0.2, 0.25) is 5.62 Å². The van der Waals surface area contributed by atoms with Crippen LogP contribution in [0.1, 0.15) is 40.2 Å². The molecule has 2 aromatic carbocycles. The first-order chi connectivity index (χ1) is 14.3. The van der Waals surface area contributed by atoms with Crippen LogP contribution in [0.15, 0.2) is 48.5 Å². The predicted octanol–water partition coefficient (Wildman–Crippen LogP) is 4.64. The number of fused-ring (bicyclic) bond motifs is 1. The van der Waals surface area contributed by atoms with Gasteiger partial charge in [0, 0.05) is 13.1 Å². The molecule has 0 atom stereocenters. The van der Waals surface area contributed by atoms with Crippen molar-refractivity contribution < 1.29 is 4.74 Å². The Morgan fingerprint density at radius 3 is 1.97 bits per heavy atom. The van der Waals surface area contributed by atoms with Crippen molar-refractivity contribution in [3.8, 4) is 5.75 Å². The molecule has 3 rings (SSSR count). The number of imidazole rings is 1. The van der Waals surface area contributed by atoms with E-state index in [2.05, 4.69) is 72.9 Å². The first kappa shape index (κ1) is 22.2. The van der Waals surface area contributed by atoms with E-state index in [9.17, 15) is 0 Å². The molecule has 30 heavy (non-hydrogen) atoms. The van der Waals surface area contributed by atoms with E-state index in [0.29, 0.717) is 18.8 Å². The number of nitrogens with one attached hydrogen (secondary N) is 1. The van der Waals surface area contributed by atoms with E-state index in [0.717, 1.165) is 43.0 Å². The van der Waals surface area contributed by atoms with Gasteiger partial charge in [-0.05, 0) is 48.3 Å². The Hall–Kier alpha value is -2.53. The molecule has 0 fully saturated rings. The highest BCUT2D eigenvalue weighted by Crippen LogP contribution is 2.24. The van der Waals surface area contributed by atoms with Crippen molar-refractivity contribution in [2.45, 2.75) is 53.1 Å². The third-order valence-electron chi connectivity index (χ3n) is 5.81. The smallest absolute Gasteiger partial charge is 0.203 e. The molecule has 0 aliphatic carbocycles. The summed E-state index contributed by atoms with van der Waals surface area (Å²) >= 11 is 0. The summed E-state index contributed by atoms with van der Waals surface area (Å²) in [6.45, 7) is 16.0. The molecule has 1 N–H and O–H groups in total. The van der Waals surface area contributed by atoms with Crippen LogP contribution in [0.3, 0.4) is 0 Å². The first-order valence-corrected chi connectivity index (χ1v) is 11.0. The van der Waals surface area contributed by atoms with E-state index in [1.165, 1.54) is 5.56 Å². The Bertz CT molecular complexity index is 1000. The van der Waals surface area contributed by atoms with Gasteiger partial charge in [-0.1, -0.05) is 58.9 Å². The fraction of sp³-hybridized carbons (Fsp3) is 0.480. The molecule has 0 amide bonds. The molecule has 0 unspecified atom stereocenters. The number of rotatable bonds is 9. The Kier molecular flexibility index (Phi) is 7.03. The van der Waals surface area contributed by atoms with Crippen molar-refractivity contribution in [3.63, 3.8) is 0 Å². The average Bonchev–Trinajstić information content (AvgIpc) is 3.00. The largest absolute Gasteiger partial charge is 0.492 e. The van der Waals surface area contributed by atoms with Gasteiger partial charge < -0.3 is 18.8 Å². The van der Waals surface area contributed by atoms with Gasteiger partial charge in [-0.2, -0.15) is 0 Å². The Labute approximate surface area is 180 Å². The van der Waals surface area contributed by atoms with Crippen LogP contribution >= 0.6 is 0 Å². The molecular formula is C25H36N4O. The molecule has 0 spiro atoms. The highest BCUT2D eigenvalue weighted by molar-refractivity contribution is 5.75. The second-order valence-electron chi connectivity index (χ2n) is 8.77. The van der Waals surface area contributed by atoms with Gasteiger partial charge in [0.05, 0.1) is 17.6 Å². The third kappa shape index (κ3) is 4.96.